The van der Waals surface area contributed by atoms with Crippen molar-refractivity contribution in [2.75, 3.05) is 0 Å². The Morgan fingerprint density at radius 2 is 2.12 bits per heavy atom. The van der Waals surface area contributed by atoms with Crippen molar-refractivity contribution >= 4 is 37.0 Å². The van der Waals surface area contributed by atoms with Crippen molar-refractivity contribution in [2.45, 2.75) is 16.9 Å². The Hall–Kier alpha value is -0.944. The van der Waals surface area contributed by atoms with Gasteiger partial charge in [0, 0.05) is 0 Å². The van der Waals surface area contributed by atoms with Gasteiger partial charge in [0.2, 0.25) is 0 Å². The molecule has 0 aromatic rings. The summed E-state index contributed by atoms with van der Waals surface area (Å²) < 4.78 is 1.13. The number of carbonyl (C=O) groups is 2. The number of hydrogen-bond donors (Lipinski definition) is 2. The summed E-state index contributed by atoms with van der Waals surface area (Å²) in [5.41, 5.74) is 0.710. The Bertz CT molecular complexity index is 407. The van der Waals surface area contributed by atoms with E-state index in [2.05, 4.69) is 0 Å². The molecule has 1 unspecified atom stereocenters. The van der Waals surface area contributed by atoms with Crippen molar-refractivity contribution in [3.63, 3.8) is 0 Å². The number of carboxylic acid groups (broad SMARTS) is 2. The third-order valence-electron chi connectivity index (χ3n) is 2.40. The van der Waals surface area contributed by atoms with E-state index in [1.807, 2.05) is 6.08 Å². The van der Waals surface area contributed by atoms with E-state index in [1.165, 1.54) is 43.3 Å². The molecule has 0 bridgehead atoms. The maximum absolute atomic E-state index is 11.0. The van der Waals surface area contributed by atoms with Crippen molar-refractivity contribution in [1.82, 2.24) is 0 Å². The van der Waals surface area contributed by atoms with Crippen LogP contribution in [0.1, 0.15) is 12.8 Å². The van der Waals surface area contributed by atoms with Gasteiger partial charge in [0.25, 0.3) is 0 Å². The van der Waals surface area contributed by atoms with Gasteiger partial charge in [0.15, 0.2) is 0 Å². The van der Waals surface area contributed by atoms with Gasteiger partial charge in [-0.3, -0.25) is 0 Å². The number of allylic oxidation sites excluding steroid dienone is 2. The topological polar surface area (TPSA) is 74.6 Å². The number of rotatable bonds is 5. The van der Waals surface area contributed by atoms with Gasteiger partial charge in [-0.25, -0.2) is 0 Å². The summed E-state index contributed by atoms with van der Waals surface area (Å²) in [5.74, 6) is -2.70. The van der Waals surface area contributed by atoms with E-state index in [1.54, 1.807) is 0 Å². The van der Waals surface area contributed by atoms with E-state index in [-0.39, 0.29) is 5.57 Å². The molecule has 0 heterocycles. The Kier molecular flexibility index (Phi) is 5.57. The Morgan fingerprint density at radius 3 is 2.65 bits per heavy atom. The second-order valence-corrected chi connectivity index (χ2v) is 5.39. The van der Waals surface area contributed by atoms with Crippen LogP contribution in [0.3, 0.4) is 0 Å². The molecule has 1 rings (SSSR count). The minimum absolute atomic E-state index is 0.137. The molecule has 1 atom stereocenters. The fourth-order valence-corrected chi connectivity index (χ4v) is 2.24. The Balaban J connectivity index is 2.92. The van der Waals surface area contributed by atoms with Crippen LogP contribution in [-0.2, 0) is 9.59 Å². The van der Waals surface area contributed by atoms with Crippen molar-refractivity contribution < 1.29 is 19.8 Å². The number of aliphatic carboxylic acids is 2. The van der Waals surface area contributed by atoms with E-state index < -0.39 is 17.9 Å². The zero-order valence-corrected chi connectivity index (χ0v) is 12.6. The van der Waals surface area contributed by atoms with Gasteiger partial charge in [-0.2, -0.15) is 0 Å². The molecule has 0 aromatic heterocycles. The summed E-state index contributed by atoms with van der Waals surface area (Å²) in [7, 11) is 0. The van der Waals surface area contributed by atoms with Gasteiger partial charge in [0.1, 0.15) is 0 Å². The van der Waals surface area contributed by atoms with E-state index in [4.69, 9.17) is 10.2 Å². The van der Waals surface area contributed by atoms with Crippen molar-refractivity contribution in [3.05, 3.63) is 35.5 Å². The van der Waals surface area contributed by atoms with Crippen LogP contribution >= 0.6 is 0 Å². The molecule has 1 aliphatic rings. The summed E-state index contributed by atoms with van der Waals surface area (Å²) in [4.78, 5) is 21.8. The molecule has 0 spiro atoms. The third-order valence-corrected chi connectivity index (χ3v) is 3.63. The van der Waals surface area contributed by atoms with Crippen LogP contribution < -0.4 is 0 Å². The van der Waals surface area contributed by atoms with Gasteiger partial charge in [-0.1, -0.05) is 0 Å². The summed E-state index contributed by atoms with van der Waals surface area (Å²) in [5, 5.41) is 17.9. The first kappa shape index (κ1) is 14.1. The molecule has 0 fully saturated rings. The zero-order valence-electron chi connectivity index (χ0n) is 9.17. The first-order valence-electron chi connectivity index (χ1n) is 5.23. The predicted octanol–water partition coefficient (Wildman–Crippen LogP) is 1.29. The molecule has 4 nitrogen and oxygen atoms in total. The van der Waals surface area contributed by atoms with Gasteiger partial charge in [-0.15, -0.1) is 0 Å². The third kappa shape index (κ3) is 4.09. The van der Waals surface area contributed by atoms with E-state index in [9.17, 15) is 9.59 Å². The first-order valence-corrected chi connectivity index (χ1v) is 7.69. The molecule has 5 heteroatoms. The number of hydrogen-bond acceptors (Lipinski definition) is 2. The Morgan fingerprint density at radius 1 is 1.41 bits per heavy atom. The molecule has 0 aliphatic heterocycles. The van der Waals surface area contributed by atoms with Gasteiger partial charge >= 0.3 is 115 Å². The Labute approximate surface area is 115 Å². The summed E-state index contributed by atoms with van der Waals surface area (Å²) in [6.07, 6.45) is 7.88. The van der Waals surface area contributed by atoms with Gasteiger partial charge in [-0.05, 0) is 0 Å². The molecule has 0 radical (unpaired) electrons. The van der Waals surface area contributed by atoms with Crippen LogP contribution in [0.25, 0.3) is 0 Å². The van der Waals surface area contributed by atoms with Crippen LogP contribution in [0, 0.1) is 5.92 Å². The predicted molar refractivity (Wildman–Crippen MR) is 65.3 cm³/mol. The molecule has 0 saturated heterocycles. The van der Waals surface area contributed by atoms with Crippen LogP contribution in [0.5, 0.6) is 0 Å². The molecular weight excluding hydrogens is 417 g/mol. The van der Waals surface area contributed by atoms with E-state index in [0.29, 0.717) is 5.57 Å². The van der Waals surface area contributed by atoms with Crippen LogP contribution in [0.4, 0.5) is 0 Å². The van der Waals surface area contributed by atoms with E-state index >= 15 is 0 Å². The molecule has 0 saturated carbocycles. The number of unbranched alkanes of at least 4 members (excludes halogenated alkanes) is 1. The average molecular weight is 431 g/mol. The quantitative estimate of drug-likeness (QED) is 0.644. The minimum atomic E-state index is -1.03. The second kappa shape index (κ2) is 6.71. The van der Waals surface area contributed by atoms with Crippen molar-refractivity contribution in [3.8, 4) is 0 Å². The summed E-state index contributed by atoms with van der Waals surface area (Å²) >= 11 is 1.32. The summed E-state index contributed by atoms with van der Waals surface area (Å²) in [6.45, 7) is 0. The van der Waals surface area contributed by atoms with E-state index in [0.717, 1.165) is 16.9 Å². The second-order valence-electron chi connectivity index (χ2n) is 3.65. The fourth-order valence-electron chi connectivity index (χ4n) is 1.53. The van der Waals surface area contributed by atoms with Crippen LogP contribution in [-0.4, -0.2) is 47.2 Å². The molecule has 17 heavy (non-hydrogen) atoms. The standard InChI is InChI=1S/C12H13O4.Po.H/c1-2-3-4-8-7-9(11(13)14)5-6-10(8)12(15)16;;/h4-7,10H,1-3H2,(H,13,14)(H,15,16);;. The number of carboxylic acids is 2. The molecule has 2 N–H and O–H groups in total. The normalized spacial score (nSPS) is 21.4. The maximum atomic E-state index is 11.0. The summed E-state index contributed by atoms with van der Waals surface area (Å²) in [6, 6.07) is 0. The van der Waals surface area contributed by atoms with Crippen molar-refractivity contribution in [2.24, 2.45) is 5.92 Å². The first-order chi connectivity index (χ1) is 8.06. The zero-order chi connectivity index (χ0) is 12.8. The molecule has 92 valence electrons. The van der Waals surface area contributed by atoms with Crippen LogP contribution in [0.15, 0.2) is 35.5 Å². The fraction of sp³-hybridized carbons (Fsp3) is 0.333. The van der Waals surface area contributed by atoms with Crippen molar-refractivity contribution in [1.29, 1.82) is 0 Å². The van der Waals surface area contributed by atoms with Crippen LogP contribution in [0.2, 0.25) is 4.08 Å². The van der Waals surface area contributed by atoms with Gasteiger partial charge < -0.3 is 0 Å². The molecule has 1 aliphatic carbocycles. The monoisotopic (exact) mass is 431 g/mol. The molecular formula is C12H14O4Po. The van der Waals surface area contributed by atoms with Gasteiger partial charge in [0.05, 0.1) is 0 Å². The average Bonchev–Trinajstić information content (AvgIpc) is 2.28. The molecule has 0 aromatic carbocycles. The SMILES string of the molecule is O=C(O)C1=CC(=CCC[CH2][PoH])C(C(=O)O)C=C1. The molecule has 0 amide bonds.